The monoisotopic (exact) mass is 253 g/mol. The van der Waals surface area contributed by atoms with Crippen LogP contribution in [0, 0.1) is 10.8 Å². The van der Waals surface area contributed by atoms with Crippen LogP contribution in [0.1, 0.15) is 60.3 Å². The lowest BCUT2D eigenvalue weighted by Crippen LogP contribution is -2.40. The molecule has 0 bridgehead atoms. The molecule has 0 aromatic carbocycles. The van der Waals surface area contributed by atoms with Gasteiger partial charge in [-0.25, -0.2) is 4.79 Å². The highest BCUT2D eigenvalue weighted by molar-refractivity contribution is 5.73. The van der Waals surface area contributed by atoms with Crippen molar-refractivity contribution in [1.29, 1.82) is 0 Å². The van der Waals surface area contributed by atoms with Gasteiger partial charge in [0.05, 0.1) is 0 Å². The van der Waals surface area contributed by atoms with E-state index in [9.17, 15) is 9.90 Å². The van der Waals surface area contributed by atoms with E-state index in [1.165, 1.54) is 0 Å². The van der Waals surface area contributed by atoms with Crippen molar-refractivity contribution in [1.82, 2.24) is 5.32 Å². The van der Waals surface area contributed by atoms with Crippen LogP contribution >= 0.6 is 0 Å². The Morgan fingerprint density at radius 3 is 2.50 bits per heavy atom. The number of aliphatic carboxylic acids is 1. The van der Waals surface area contributed by atoms with E-state index in [1.807, 2.05) is 0 Å². The van der Waals surface area contributed by atoms with Gasteiger partial charge in [0.2, 0.25) is 0 Å². The largest absolute Gasteiger partial charge is 0.480 e. The fourth-order valence-corrected chi connectivity index (χ4v) is 2.24. The SMILES string of the molecule is CC(C)(C)C[C@H](NC1=CCC(C)(C)CC1)C(=O)O. The standard InChI is InChI=1S/C15H27NO2/c1-14(2,3)10-12(13(17)18)16-11-6-8-15(4,5)9-7-11/h6,12,16H,7-10H2,1-5H3,(H,17,18)/t12-/m0/s1. The van der Waals surface area contributed by atoms with E-state index in [0.717, 1.165) is 25.0 Å². The number of carbonyl (C=O) groups is 1. The summed E-state index contributed by atoms with van der Waals surface area (Å²) < 4.78 is 0. The van der Waals surface area contributed by atoms with E-state index in [-0.39, 0.29) is 5.41 Å². The lowest BCUT2D eigenvalue weighted by atomic mass is 9.79. The van der Waals surface area contributed by atoms with Gasteiger partial charge in [0.15, 0.2) is 0 Å². The lowest BCUT2D eigenvalue weighted by molar-refractivity contribution is -0.140. The van der Waals surface area contributed by atoms with E-state index in [2.05, 4.69) is 46.0 Å². The van der Waals surface area contributed by atoms with Crippen LogP contribution in [0.5, 0.6) is 0 Å². The maximum atomic E-state index is 11.3. The smallest absolute Gasteiger partial charge is 0.326 e. The van der Waals surface area contributed by atoms with Gasteiger partial charge in [-0.1, -0.05) is 40.7 Å². The molecule has 104 valence electrons. The first-order valence-electron chi connectivity index (χ1n) is 6.77. The summed E-state index contributed by atoms with van der Waals surface area (Å²) in [5.74, 6) is -0.754. The third-order valence-corrected chi connectivity index (χ3v) is 3.45. The summed E-state index contributed by atoms with van der Waals surface area (Å²) in [6, 6.07) is -0.475. The molecular weight excluding hydrogens is 226 g/mol. The Hall–Kier alpha value is -0.990. The summed E-state index contributed by atoms with van der Waals surface area (Å²) in [7, 11) is 0. The summed E-state index contributed by atoms with van der Waals surface area (Å²) in [5, 5.41) is 12.5. The lowest BCUT2D eigenvalue weighted by Gasteiger charge is -2.31. The van der Waals surface area contributed by atoms with Gasteiger partial charge in [-0.15, -0.1) is 0 Å². The Morgan fingerprint density at radius 1 is 1.50 bits per heavy atom. The first-order chi connectivity index (χ1) is 8.09. The van der Waals surface area contributed by atoms with Crippen LogP contribution in [0.3, 0.4) is 0 Å². The van der Waals surface area contributed by atoms with Crippen molar-refractivity contribution in [3.63, 3.8) is 0 Å². The fraction of sp³-hybridized carbons (Fsp3) is 0.800. The summed E-state index contributed by atoms with van der Waals surface area (Å²) in [4.78, 5) is 11.3. The van der Waals surface area contributed by atoms with E-state index < -0.39 is 12.0 Å². The fourth-order valence-electron chi connectivity index (χ4n) is 2.24. The average Bonchev–Trinajstić information content (AvgIpc) is 2.18. The topological polar surface area (TPSA) is 49.3 Å². The molecule has 2 N–H and O–H groups in total. The molecule has 0 unspecified atom stereocenters. The normalized spacial score (nSPS) is 21.1. The van der Waals surface area contributed by atoms with Crippen molar-refractivity contribution in [2.75, 3.05) is 0 Å². The molecule has 0 radical (unpaired) electrons. The number of carboxylic acid groups (broad SMARTS) is 1. The third kappa shape index (κ3) is 5.11. The summed E-state index contributed by atoms with van der Waals surface area (Å²) >= 11 is 0. The van der Waals surface area contributed by atoms with Crippen molar-refractivity contribution in [2.45, 2.75) is 66.3 Å². The first kappa shape index (κ1) is 15.1. The summed E-state index contributed by atoms with van der Waals surface area (Å²) in [6.07, 6.45) is 5.91. The van der Waals surface area contributed by atoms with Crippen LogP contribution in [0.2, 0.25) is 0 Å². The molecule has 1 atom stereocenters. The first-order valence-corrected chi connectivity index (χ1v) is 6.77. The van der Waals surface area contributed by atoms with Gasteiger partial charge < -0.3 is 10.4 Å². The Kier molecular flexibility index (Phi) is 4.46. The molecule has 0 amide bonds. The molecule has 0 saturated heterocycles. The van der Waals surface area contributed by atoms with Crippen molar-refractivity contribution >= 4 is 5.97 Å². The molecule has 1 rings (SSSR count). The van der Waals surface area contributed by atoms with E-state index in [4.69, 9.17) is 0 Å². The van der Waals surface area contributed by atoms with E-state index in [1.54, 1.807) is 0 Å². The van der Waals surface area contributed by atoms with Crippen LogP contribution < -0.4 is 5.32 Å². The van der Waals surface area contributed by atoms with Crippen LogP contribution in [0.25, 0.3) is 0 Å². The van der Waals surface area contributed by atoms with Gasteiger partial charge in [0.25, 0.3) is 0 Å². The highest BCUT2D eigenvalue weighted by atomic mass is 16.4. The zero-order valence-corrected chi connectivity index (χ0v) is 12.3. The van der Waals surface area contributed by atoms with Crippen molar-refractivity contribution < 1.29 is 9.90 Å². The Labute approximate surface area is 111 Å². The molecule has 0 aliphatic heterocycles. The maximum Gasteiger partial charge on any atom is 0.326 e. The van der Waals surface area contributed by atoms with Crippen LogP contribution in [-0.4, -0.2) is 17.1 Å². The zero-order valence-electron chi connectivity index (χ0n) is 12.3. The Bertz CT molecular complexity index is 337. The minimum Gasteiger partial charge on any atom is -0.480 e. The molecule has 0 aromatic heterocycles. The molecule has 0 saturated carbocycles. The van der Waals surface area contributed by atoms with Gasteiger partial charge >= 0.3 is 5.97 Å². The van der Waals surface area contributed by atoms with E-state index >= 15 is 0 Å². The van der Waals surface area contributed by atoms with Crippen LogP contribution in [0.15, 0.2) is 11.8 Å². The predicted octanol–water partition coefficient (Wildman–Crippen LogP) is 3.56. The van der Waals surface area contributed by atoms with Crippen molar-refractivity contribution in [3.05, 3.63) is 11.8 Å². The van der Waals surface area contributed by atoms with Gasteiger partial charge in [-0.05, 0) is 36.5 Å². The van der Waals surface area contributed by atoms with Crippen molar-refractivity contribution in [3.8, 4) is 0 Å². The average molecular weight is 253 g/mol. The van der Waals surface area contributed by atoms with Crippen molar-refractivity contribution in [2.24, 2.45) is 10.8 Å². The summed E-state index contributed by atoms with van der Waals surface area (Å²) in [6.45, 7) is 10.7. The van der Waals surface area contributed by atoms with Crippen LogP contribution in [-0.2, 0) is 4.79 Å². The molecule has 1 aliphatic carbocycles. The molecule has 0 spiro atoms. The number of nitrogens with one attached hydrogen (secondary N) is 1. The number of hydrogen-bond donors (Lipinski definition) is 2. The molecule has 0 aromatic rings. The molecule has 0 fully saturated rings. The minimum atomic E-state index is -0.754. The van der Waals surface area contributed by atoms with Crippen LogP contribution in [0.4, 0.5) is 0 Å². The number of rotatable bonds is 4. The third-order valence-electron chi connectivity index (χ3n) is 3.45. The number of carboxylic acids is 1. The quantitative estimate of drug-likeness (QED) is 0.805. The maximum absolute atomic E-state index is 11.3. The number of allylic oxidation sites excluding steroid dienone is 2. The van der Waals surface area contributed by atoms with E-state index in [0.29, 0.717) is 11.8 Å². The highest BCUT2D eigenvalue weighted by Gasteiger charge is 2.27. The second-order valence-corrected chi connectivity index (χ2v) is 7.40. The van der Waals surface area contributed by atoms with Gasteiger partial charge in [0, 0.05) is 5.70 Å². The Morgan fingerprint density at radius 2 is 2.11 bits per heavy atom. The van der Waals surface area contributed by atoms with Gasteiger partial charge in [-0.2, -0.15) is 0 Å². The molecule has 1 aliphatic rings. The second-order valence-electron chi connectivity index (χ2n) is 7.40. The van der Waals surface area contributed by atoms with Gasteiger partial charge in [0.1, 0.15) is 6.04 Å². The predicted molar refractivity (Wildman–Crippen MR) is 74.3 cm³/mol. The molecule has 3 heteroatoms. The molecule has 18 heavy (non-hydrogen) atoms. The second kappa shape index (κ2) is 5.33. The molecular formula is C15H27NO2. The zero-order chi connectivity index (χ0) is 14.0. The number of hydrogen-bond acceptors (Lipinski definition) is 2. The molecule has 3 nitrogen and oxygen atoms in total. The minimum absolute atomic E-state index is 0.0184. The molecule has 0 heterocycles. The Balaban J connectivity index is 2.63. The summed E-state index contributed by atoms with van der Waals surface area (Å²) in [5.41, 5.74) is 1.48. The van der Waals surface area contributed by atoms with Gasteiger partial charge in [-0.3, -0.25) is 0 Å². The highest BCUT2D eigenvalue weighted by Crippen LogP contribution is 2.33.